The number of nitrogens with one attached hydrogen (secondary N) is 1. The molecule has 0 spiro atoms. The first-order valence-electron chi connectivity index (χ1n) is 7.33. The first-order chi connectivity index (χ1) is 9.88. The van der Waals surface area contributed by atoms with Crippen LogP contribution >= 0.6 is 0 Å². The summed E-state index contributed by atoms with van der Waals surface area (Å²) >= 11 is 0. The number of aliphatic carboxylic acids is 1. The van der Waals surface area contributed by atoms with Gasteiger partial charge in [-0.15, -0.1) is 0 Å². The smallest absolute Gasteiger partial charge is 0.352 e. The lowest BCUT2D eigenvalue weighted by Gasteiger charge is -2.07. The predicted octanol–water partition coefficient (Wildman–Crippen LogP) is 1.66. The van der Waals surface area contributed by atoms with E-state index in [9.17, 15) is 9.59 Å². The van der Waals surface area contributed by atoms with Crippen LogP contribution in [0.1, 0.15) is 46.0 Å². The van der Waals surface area contributed by atoms with Gasteiger partial charge in [-0.2, -0.15) is 0 Å². The van der Waals surface area contributed by atoms with E-state index in [1.54, 1.807) is 6.08 Å². The number of hydrogen-bond donors (Lipinski definition) is 3. The van der Waals surface area contributed by atoms with Crippen LogP contribution in [-0.2, 0) is 9.59 Å². The Morgan fingerprint density at radius 3 is 2.57 bits per heavy atom. The fourth-order valence-corrected chi connectivity index (χ4v) is 2.17. The van der Waals surface area contributed by atoms with Crippen molar-refractivity contribution in [1.82, 2.24) is 5.32 Å². The number of carbonyl (C=O) groups excluding carboxylic acids is 1. The fraction of sp³-hybridized carbons (Fsp3) is 0.667. The second-order valence-corrected chi connectivity index (χ2v) is 6.06. The zero-order valence-corrected chi connectivity index (χ0v) is 12.8. The lowest BCUT2D eigenvalue weighted by molar-refractivity contribution is -0.135. The lowest BCUT2D eigenvalue weighted by atomic mass is 10.1. The van der Waals surface area contributed by atoms with Crippen molar-refractivity contribution in [3.05, 3.63) is 11.8 Å². The summed E-state index contributed by atoms with van der Waals surface area (Å²) in [5.74, 6) is -1.35. The number of carboxylic acid groups (broad SMARTS) is 1. The first-order valence-corrected chi connectivity index (χ1v) is 7.33. The molecule has 118 valence electrons. The molecule has 4 N–H and O–H groups in total. The van der Waals surface area contributed by atoms with Crippen LogP contribution < -0.4 is 11.1 Å². The van der Waals surface area contributed by atoms with E-state index in [1.807, 2.05) is 13.8 Å². The van der Waals surface area contributed by atoms with Crippen molar-refractivity contribution in [1.29, 1.82) is 0 Å². The molecular formula is C15H25N3O3. The standard InChI is InChI=1S/C15H25N3O3/c1-15(2)9-11(15)13(19)18-12(14(20)21)7-5-3-4-6-8-17-10-16/h7,10-11H,3-6,8-9H2,1-2H3,(H2,16,17)(H,18,19)(H,20,21)/b12-7-. The van der Waals surface area contributed by atoms with Gasteiger partial charge in [-0.25, -0.2) is 4.79 Å². The normalized spacial score (nSPS) is 20.5. The highest BCUT2D eigenvalue weighted by Crippen LogP contribution is 2.51. The molecule has 0 radical (unpaired) electrons. The van der Waals surface area contributed by atoms with Gasteiger partial charge in [-0.1, -0.05) is 26.3 Å². The molecule has 1 unspecified atom stereocenters. The summed E-state index contributed by atoms with van der Waals surface area (Å²) in [6.07, 6.45) is 7.05. The minimum absolute atomic E-state index is 0.00277. The van der Waals surface area contributed by atoms with E-state index in [0.29, 0.717) is 13.0 Å². The Bertz CT molecular complexity index is 441. The van der Waals surface area contributed by atoms with E-state index in [0.717, 1.165) is 25.7 Å². The van der Waals surface area contributed by atoms with Gasteiger partial charge in [-0.3, -0.25) is 9.79 Å². The van der Waals surface area contributed by atoms with E-state index < -0.39 is 5.97 Å². The Kier molecular flexibility index (Phi) is 6.39. The molecule has 1 fully saturated rings. The molecule has 1 atom stereocenters. The molecule has 0 heterocycles. The van der Waals surface area contributed by atoms with Crippen LogP contribution in [0.3, 0.4) is 0 Å². The second-order valence-electron chi connectivity index (χ2n) is 6.06. The second kappa shape index (κ2) is 7.81. The zero-order chi connectivity index (χ0) is 15.9. The topological polar surface area (TPSA) is 105 Å². The molecule has 1 saturated carbocycles. The van der Waals surface area contributed by atoms with Crippen LogP contribution in [0.4, 0.5) is 0 Å². The minimum Gasteiger partial charge on any atom is -0.477 e. The van der Waals surface area contributed by atoms with Crippen molar-refractivity contribution in [2.45, 2.75) is 46.0 Å². The number of carbonyl (C=O) groups is 2. The van der Waals surface area contributed by atoms with Crippen LogP contribution in [0.25, 0.3) is 0 Å². The lowest BCUT2D eigenvalue weighted by Crippen LogP contribution is -2.29. The predicted molar refractivity (Wildman–Crippen MR) is 81.8 cm³/mol. The third-order valence-corrected chi connectivity index (χ3v) is 3.76. The summed E-state index contributed by atoms with van der Waals surface area (Å²) in [4.78, 5) is 26.9. The summed E-state index contributed by atoms with van der Waals surface area (Å²) in [5, 5.41) is 11.6. The Balaban J connectivity index is 2.34. The molecule has 0 aromatic rings. The van der Waals surface area contributed by atoms with Gasteiger partial charge in [0.1, 0.15) is 5.70 Å². The van der Waals surface area contributed by atoms with Gasteiger partial charge in [0.2, 0.25) is 5.91 Å². The number of amides is 1. The fourth-order valence-electron chi connectivity index (χ4n) is 2.17. The quantitative estimate of drug-likeness (QED) is 0.260. The summed E-state index contributed by atoms with van der Waals surface area (Å²) < 4.78 is 0. The summed E-state index contributed by atoms with van der Waals surface area (Å²) in [6, 6.07) is 0. The summed E-state index contributed by atoms with van der Waals surface area (Å²) in [7, 11) is 0. The molecule has 6 heteroatoms. The highest BCUT2D eigenvalue weighted by molar-refractivity contribution is 5.94. The van der Waals surface area contributed by atoms with Crippen molar-refractivity contribution >= 4 is 18.2 Å². The average Bonchev–Trinajstić information content (AvgIpc) is 3.05. The van der Waals surface area contributed by atoms with Gasteiger partial charge in [0.15, 0.2) is 0 Å². The molecular weight excluding hydrogens is 270 g/mol. The van der Waals surface area contributed by atoms with Crippen LogP contribution in [0, 0.1) is 11.3 Å². The molecule has 0 saturated heterocycles. The molecule has 0 bridgehead atoms. The van der Waals surface area contributed by atoms with Gasteiger partial charge in [0.05, 0.1) is 6.34 Å². The number of nitrogens with zero attached hydrogens (tertiary/aromatic N) is 1. The maximum absolute atomic E-state index is 11.9. The number of aliphatic imine (C=N–C) groups is 1. The van der Waals surface area contributed by atoms with E-state index >= 15 is 0 Å². The molecule has 0 aliphatic heterocycles. The molecule has 1 rings (SSSR count). The number of rotatable bonds is 9. The Morgan fingerprint density at radius 2 is 2.05 bits per heavy atom. The van der Waals surface area contributed by atoms with Gasteiger partial charge in [-0.05, 0) is 31.1 Å². The molecule has 21 heavy (non-hydrogen) atoms. The summed E-state index contributed by atoms with van der Waals surface area (Å²) in [6.45, 7) is 4.70. The van der Waals surface area contributed by atoms with Crippen molar-refractivity contribution in [2.24, 2.45) is 22.1 Å². The van der Waals surface area contributed by atoms with E-state index in [-0.39, 0.29) is 22.9 Å². The van der Waals surface area contributed by atoms with Crippen molar-refractivity contribution < 1.29 is 14.7 Å². The van der Waals surface area contributed by atoms with Crippen LogP contribution in [0.5, 0.6) is 0 Å². The van der Waals surface area contributed by atoms with E-state index in [1.165, 1.54) is 6.34 Å². The number of allylic oxidation sites excluding steroid dienone is 1. The maximum atomic E-state index is 11.9. The SMILES string of the molecule is CC1(C)CC1C(=O)N/C(=C\CCCCCN=CN)C(=O)O. The zero-order valence-electron chi connectivity index (χ0n) is 12.8. The number of unbranched alkanes of at least 4 members (excludes halogenated alkanes) is 3. The van der Waals surface area contributed by atoms with Crippen LogP contribution in [-0.4, -0.2) is 29.9 Å². The van der Waals surface area contributed by atoms with Crippen LogP contribution in [0.15, 0.2) is 16.8 Å². The highest BCUT2D eigenvalue weighted by atomic mass is 16.4. The molecule has 0 aromatic heterocycles. The Hall–Kier alpha value is -1.85. The van der Waals surface area contributed by atoms with Gasteiger partial charge in [0, 0.05) is 12.5 Å². The van der Waals surface area contributed by atoms with E-state index in [4.69, 9.17) is 10.8 Å². The molecule has 0 aromatic carbocycles. The number of nitrogens with two attached hydrogens (primary N) is 1. The maximum Gasteiger partial charge on any atom is 0.352 e. The first kappa shape index (κ1) is 17.2. The highest BCUT2D eigenvalue weighted by Gasteiger charge is 2.50. The monoisotopic (exact) mass is 295 g/mol. The number of hydrogen-bond acceptors (Lipinski definition) is 3. The van der Waals surface area contributed by atoms with Crippen LogP contribution in [0.2, 0.25) is 0 Å². The molecule has 1 amide bonds. The van der Waals surface area contributed by atoms with Crippen molar-refractivity contribution in [3.63, 3.8) is 0 Å². The third kappa shape index (κ3) is 5.97. The third-order valence-electron chi connectivity index (χ3n) is 3.76. The van der Waals surface area contributed by atoms with Gasteiger partial charge in [0.25, 0.3) is 0 Å². The van der Waals surface area contributed by atoms with Gasteiger partial charge < -0.3 is 16.2 Å². The van der Waals surface area contributed by atoms with Gasteiger partial charge >= 0.3 is 5.97 Å². The number of carboxylic acids is 1. The molecule has 6 nitrogen and oxygen atoms in total. The molecule has 1 aliphatic carbocycles. The molecule has 1 aliphatic rings. The van der Waals surface area contributed by atoms with Crippen molar-refractivity contribution in [3.8, 4) is 0 Å². The average molecular weight is 295 g/mol. The Labute approximate surface area is 125 Å². The van der Waals surface area contributed by atoms with Crippen molar-refractivity contribution in [2.75, 3.05) is 6.54 Å². The largest absolute Gasteiger partial charge is 0.477 e. The minimum atomic E-state index is -1.09. The Morgan fingerprint density at radius 1 is 1.38 bits per heavy atom. The summed E-state index contributed by atoms with van der Waals surface area (Å²) in [5.41, 5.74) is 5.12. The van der Waals surface area contributed by atoms with E-state index in [2.05, 4.69) is 10.3 Å².